The quantitative estimate of drug-likeness (QED) is 0.632. The van der Waals surface area contributed by atoms with Gasteiger partial charge < -0.3 is 19.8 Å². The third kappa shape index (κ3) is 4.93. The van der Waals surface area contributed by atoms with E-state index in [1.807, 2.05) is 36.4 Å². The smallest absolute Gasteiger partial charge is 0.166 e. The van der Waals surface area contributed by atoms with Crippen LogP contribution in [0, 0.1) is 6.92 Å². The summed E-state index contributed by atoms with van der Waals surface area (Å²) in [4.78, 5) is 0. The lowest BCUT2D eigenvalue weighted by Crippen LogP contribution is -2.36. The maximum atomic E-state index is 5.59. The van der Waals surface area contributed by atoms with Crippen LogP contribution in [-0.4, -0.2) is 18.3 Å². The first kappa shape index (κ1) is 14.4. The van der Waals surface area contributed by atoms with Crippen LogP contribution in [0.15, 0.2) is 47.1 Å². The summed E-state index contributed by atoms with van der Waals surface area (Å²) in [7, 11) is 0. The van der Waals surface area contributed by atoms with E-state index in [0.29, 0.717) is 24.8 Å². The minimum atomic E-state index is 0.561. The van der Waals surface area contributed by atoms with Crippen molar-refractivity contribution in [3.8, 4) is 5.75 Å². The first-order valence-electron chi connectivity index (χ1n) is 6.47. The van der Waals surface area contributed by atoms with Gasteiger partial charge in [0.05, 0.1) is 19.4 Å². The topological polar surface area (TPSA) is 46.4 Å². The predicted molar refractivity (Wildman–Crippen MR) is 82.8 cm³/mol. The SMILES string of the molecule is Cc1ccc(OCCNC(=S)NCc2ccco2)cc1. The van der Waals surface area contributed by atoms with E-state index in [2.05, 4.69) is 17.6 Å². The summed E-state index contributed by atoms with van der Waals surface area (Å²) >= 11 is 5.15. The average Bonchev–Trinajstić information content (AvgIpc) is 2.96. The van der Waals surface area contributed by atoms with Gasteiger partial charge in [-0.25, -0.2) is 0 Å². The van der Waals surface area contributed by atoms with Crippen molar-refractivity contribution in [3.63, 3.8) is 0 Å². The standard InChI is InChI=1S/C15H18N2O2S/c1-12-4-6-13(7-5-12)19-10-8-16-15(20)17-11-14-3-2-9-18-14/h2-7,9H,8,10-11H2,1H3,(H2,16,17,20). The molecule has 0 bridgehead atoms. The van der Waals surface area contributed by atoms with Gasteiger partial charge in [0.2, 0.25) is 0 Å². The van der Waals surface area contributed by atoms with E-state index in [1.165, 1.54) is 5.56 Å². The molecule has 0 aliphatic rings. The van der Waals surface area contributed by atoms with Crippen LogP contribution >= 0.6 is 12.2 Å². The van der Waals surface area contributed by atoms with Gasteiger partial charge in [0.1, 0.15) is 18.1 Å². The minimum absolute atomic E-state index is 0.561. The Morgan fingerprint density at radius 1 is 1.20 bits per heavy atom. The normalized spacial score (nSPS) is 10.1. The Bertz CT molecular complexity index is 523. The predicted octanol–water partition coefficient (Wildman–Crippen LogP) is 2.63. The molecule has 0 spiro atoms. The van der Waals surface area contributed by atoms with Gasteiger partial charge in [-0.2, -0.15) is 0 Å². The van der Waals surface area contributed by atoms with Crippen LogP contribution in [0.4, 0.5) is 0 Å². The summed E-state index contributed by atoms with van der Waals surface area (Å²) in [6.07, 6.45) is 1.64. The molecular weight excluding hydrogens is 272 g/mol. The molecule has 106 valence electrons. The largest absolute Gasteiger partial charge is 0.492 e. The molecule has 0 amide bonds. The molecule has 1 aromatic carbocycles. The lowest BCUT2D eigenvalue weighted by atomic mass is 10.2. The second kappa shape index (κ2) is 7.55. The van der Waals surface area contributed by atoms with Crippen molar-refractivity contribution in [2.75, 3.05) is 13.2 Å². The number of aryl methyl sites for hydroxylation is 1. The Kier molecular flexibility index (Phi) is 5.43. The minimum Gasteiger partial charge on any atom is -0.492 e. The van der Waals surface area contributed by atoms with E-state index >= 15 is 0 Å². The zero-order chi connectivity index (χ0) is 14.2. The van der Waals surface area contributed by atoms with Crippen molar-refractivity contribution in [1.29, 1.82) is 0 Å². The van der Waals surface area contributed by atoms with Gasteiger partial charge in [-0.05, 0) is 43.4 Å². The fourth-order valence-electron chi connectivity index (χ4n) is 1.61. The molecular formula is C15H18N2O2S. The lowest BCUT2D eigenvalue weighted by molar-refractivity contribution is 0.322. The fraction of sp³-hybridized carbons (Fsp3) is 0.267. The monoisotopic (exact) mass is 290 g/mol. The molecule has 1 heterocycles. The van der Waals surface area contributed by atoms with Crippen LogP contribution in [0.2, 0.25) is 0 Å². The van der Waals surface area contributed by atoms with Crippen molar-refractivity contribution in [1.82, 2.24) is 10.6 Å². The molecule has 1 aromatic heterocycles. The number of thiocarbonyl (C=S) groups is 1. The molecule has 0 radical (unpaired) electrons. The van der Waals surface area contributed by atoms with Crippen molar-refractivity contribution in [3.05, 3.63) is 54.0 Å². The fourth-order valence-corrected chi connectivity index (χ4v) is 1.79. The van der Waals surface area contributed by atoms with Gasteiger partial charge in [-0.3, -0.25) is 0 Å². The van der Waals surface area contributed by atoms with Crippen LogP contribution in [0.5, 0.6) is 5.75 Å². The highest BCUT2D eigenvalue weighted by Crippen LogP contribution is 2.10. The Labute approximate surface area is 124 Å². The van der Waals surface area contributed by atoms with Gasteiger partial charge in [-0.1, -0.05) is 17.7 Å². The third-order valence-electron chi connectivity index (χ3n) is 2.68. The number of ether oxygens (including phenoxy) is 1. The van der Waals surface area contributed by atoms with Crippen LogP contribution in [-0.2, 0) is 6.54 Å². The van der Waals surface area contributed by atoms with Crippen LogP contribution in [0.1, 0.15) is 11.3 Å². The maximum Gasteiger partial charge on any atom is 0.166 e. The average molecular weight is 290 g/mol. The molecule has 0 saturated carbocycles. The molecule has 0 saturated heterocycles. The molecule has 2 N–H and O–H groups in total. The second-order valence-electron chi connectivity index (χ2n) is 4.35. The Morgan fingerprint density at radius 3 is 2.70 bits per heavy atom. The number of hydrogen-bond acceptors (Lipinski definition) is 3. The first-order chi connectivity index (χ1) is 9.74. The summed E-state index contributed by atoms with van der Waals surface area (Å²) in [5, 5.41) is 6.73. The van der Waals surface area contributed by atoms with Crippen LogP contribution < -0.4 is 15.4 Å². The summed E-state index contributed by atoms with van der Waals surface area (Å²) < 4.78 is 10.8. The van der Waals surface area contributed by atoms with Gasteiger partial charge in [-0.15, -0.1) is 0 Å². The molecule has 0 fully saturated rings. The van der Waals surface area contributed by atoms with Crippen molar-refractivity contribution >= 4 is 17.3 Å². The molecule has 2 rings (SSSR count). The van der Waals surface area contributed by atoms with Gasteiger partial charge in [0, 0.05) is 0 Å². The van der Waals surface area contributed by atoms with E-state index in [-0.39, 0.29) is 0 Å². The number of benzene rings is 1. The van der Waals surface area contributed by atoms with Gasteiger partial charge in [0.25, 0.3) is 0 Å². The highest BCUT2D eigenvalue weighted by atomic mass is 32.1. The number of hydrogen-bond donors (Lipinski definition) is 2. The highest BCUT2D eigenvalue weighted by Gasteiger charge is 1.98. The first-order valence-corrected chi connectivity index (χ1v) is 6.88. The van der Waals surface area contributed by atoms with Crippen molar-refractivity contribution in [2.45, 2.75) is 13.5 Å². The molecule has 2 aromatic rings. The van der Waals surface area contributed by atoms with Gasteiger partial charge >= 0.3 is 0 Å². The Balaban J connectivity index is 1.58. The molecule has 0 atom stereocenters. The van der Waals surface area contributed by atoms with E-state index in [4.69, 9.17) is 21.4 Å². The Hall–Kier alpha value is -2.01. The van der Waals surface area contributed by atoms with Gasteiger partial charge in [0.15, 0.2) is 5.11 Å². The summed E-state index contributed by atoms with van der Waals surface area (Å²) in [5.74, 6) is 1.72. The van der Waals surface area contributed by atoms with E-state index in [0.717, 1.165) is 11.5 Å². The maximum absolute atomic E-state index is 5.59. The molecule has 0 aliphatic carbocycles. The van der Waals surface area contributed by atoms with E-state index < -0.39 is 0 Å². The van der Waals surface area contributed by atoms with Crippen LogP contribution in [0.25, 0.3) is 0 Å². The molecule has 20 heavy (non-hydrogen) atoms. The third-order valence-corrected chi connectivity index (χ3v) is 2.97. The zero-order valence-corrected chi connectivity index (χ0v) is 12.2. The lowest BCUT2D eigenvalue weighted by Gasteiger charge is -2.10. The Morgan fingerprint density at radius 2 is 2.00 bits per heavy atom. The van der Waals surface area contributed by atoms with Crippen LogP contribution in [0.3, 0.4) is 0 Å². The van der Waals surface area contributed by atoms with E-state index in [9.17, 15) is 0 Å². The highest BCUT2D eigenvalue weighted by molar-refractivity contribution is 7.80. The van der Waals surface area contributed by atoms with E-state index in [1.54, 1.807) is 6.26 Å². The summed E-state index contributed by atoms with van der Waals surface area (Å²) in [6, 6.07) is 11.7. The summed E-state index contributed by atoms with van der Waals surface area (Å²) in [6.45, 7) is 3.84. The second-order valence-corrected chi connectivity index (χ2v) is 4.76. The number of nitrogens with one attached hydrogen (secondary N) is 2. The molecule has 0 aliphatic heterocycles. The van der Waals surface area contributed by atoms with Crippen molar-refractivity contribution in [2.24, 2.45) is 0 Å². The van der Waals surface area contributed by atoms with Crippen molar-refractivity contribution < 1.29 is 9.15 Å². The number of rotatable bonds is 6. The number of furan rings is 1. The zero-order valence-electron chi connectivity index (χ0n) is 11.4. The summed E-state index contributed by atoms with van der Waals surface area (Å²) in [5.41, 5.74) is 1.22. The molecule has 4 nitrogen and oxygen atoms in total. The molecule has 5 heteroatoms. The molecule has 0 unspecified atom stereocenters.